The monoisotopic (exact) mass is 696 g/mol. The fourth-order valence-electron chi connectivity index (χ4n) is 11.2. The van der Waals surface area contributed by atoms with Crippen molar-refractivity contribution >= 4 is 10.8 Å². The Morgan fingerprint density at radius 3 is 1.40 bits per heavy atom. The van der Waals surface area contributed by atoms with Crippen LogP contribution in [0.1, 0.15) is 44.5 Å². The molecule has 1 aliphatic heterocycles. The van der Waals surface area contributed by atoms with Crippen LogP contribution in [0.5, 0.6) is 11.5 Å². The average molecular weight is 697 g/mol. The molecule has 0 saturated carbocycles. The average Bonchev–Trinajstić information content (AvgIpc) is 3.84. The normalized spacial score (nSPS) is 15.0. The molecule has 2 spiro atoms. The van der Waals surface area contributed by atoms with Crippen molar-refractivity contribution in [2.75, 3.05) is 0 Å². The Bertz CT molecular complexity index is 3050. The molecule has 0 bridgehead atoms. The van der Waals surface area contributed by atoms with Crippen molar-refractivity contribution in [3.05, 3.63) is 239 Å². The molecule has 0 amide bonds. The van der Waals surface area contributed by atoms with Gasteiger partial charge >= 0.3 is 0 Å². The Balaban J connectivity index is 1.12. The Kier molecular flexibility index (Phi) is 5.56. The first-order valence-corrected chi connectivity index (χ1v) is 19.3. The van der Waals surface area contributed by atoms with Crippen LogP contribution < -0.4 is 4.74 Å². The summed E-state index contributed by atoms with van der Waals surface area (Å²) >= 11 is 0. The number of benzene rings is 9. The maximum absolute atomic E-state index is 7.10. The van der Waals surface area contributed by atoms with E-state index in [2.05, 4.69) is 194 Å². The van der Waals surface area contributed by atoms with Gasteiger partial charge in [0.05, 0.1) is 10.8 Å². The third-order valence-electron chi connectivity index (χ3n) is 13.2. The maximum atomic E-state index is 7.10. The lowest BCUT2D eigenvalue weighted by Crippen LogP contribution is -2.32. The van der Waals surface area contributed by atoms with Gasteiger partial charge in [-0.1, -0.05) is 182 Å². The molecule has 9 aromatic rings. The Hall–Kier alpha value is -6.96. The molecule has 4 aliphatic rings. The van der Waals surface area contributed by atoms with E-state index in [4.69, 9.17) is 4.74 Å². The molecule has 13 rings (SSSR count). The minimum absolute atomic E-state index is 0.392. The SMILES string of the molecule is c1ccc2c(c1)-c1ccccc1C21c2ccccc2-c2c(-c3ccc4c(c3)C3(c5ccccc5-c5ccccc53)c3ccc5ccccc5c3O4)cccc21. The minimum atomic E-state index is -0.559. The second kappa shape index (κ2) is 10.4. The van der Waals surface area contributed by atoms with E-state index in [9.17, 15) is 0 Å². The van der Waals surface area contributed by atoms with E-state index in [1.54, 1.807) is 0 Å². The van der Waals surface area contributed by atoms with Crippen LogP contribution in [0.25, 0.3) is 55.3 Å². The predicted octanol–water partition coefficient (Wildman–Crippen LogP) is 13.3. The zero-order valence-corrected chi connectivity index (χ0v) is 29.9. The van der Waals surface area contributed by atoms with E-state index in [1.165, 1.54) is 94.4 Å². The summed E-state index contributed by atoms with van der Waals surface area (Å²) in [5, 5.41) is 2.31. The minimum Gasteiger partial charge on any atom is -0.456 e. The summed E-state index contributed by atoms with van der Waals surface area (Å²) in [7, 11) is 0. The molecule has 1 nitrogen and oxygen atoms in total. The lowest BCUT2D eigenvalue weighted by Gasteiger charge is -2.40. The van der Waals surface area contributed by atoms with Crippen molar-refractivity contribution in [3.8, 4) is 56.0 Å². The highest BCUT2D eigenvalue weighted by atomic mass is 16.5. The van der Waals surface area contributed by atoms with Gasteiger partial charge in [0, 0.05) is 16.5 Å². The van der Waals surface area contributed by atoms with Crippen molar-refractivity contribution < 1.29 is 4.74 Å². The first-order chi connectivity index (χ1) is 27.3. The molecule has 0 atom stereocenters. The molecule has 0 saturated heterocycles. The molecule has 0 N–H and O–H groups in total. The highest BCUT2D eigenvalue weighted by Crippen LogP contribution is 2.66. The molecule has 1 heterocycles. The van der Waals surface area contributed by atoms with Crippen LogP contribution >= 0.6 is 0 Å². The maximum Gasteiger partial charge on any atom is 0.140 e. The predicted molar refractivity (Wildman–Crippen MR) is 223 cm³/mol. The van der Waals surface area contributed by atoms with E-state index < -0.39 is 10.8 Å². The summed E-state index contributed by atoms with van der Waals surface area (Å²) < 4.78 is 7.10. The third kappa shape index (κ3) is 3.42. The summed E-state index contributed by atoms with van der Waals surface area (Å²) in [5.41, 5.74) is 19.7. The van der Waals surface area contributed by atoms with E-state index in [-0.39, 0.29) is 0 Å². The third-order valence-corrected chi connectivity index (χ3v) is 13.2. The van der Waals surface area contributed by atoms with Gasteiger partial charge in [-0.3, -0.25) is 0 Å². The lowest BCUT2D eigenvalue weighted by atomic mass is 9.65. The molecule has 254 valence electrons. The molecular formula is C54H32O. The van der Waals surface area contributed by atoms with Gasteiger partial charge in [-0.25, -0.2) is 0 Å². The highest BCUT2D eigenvalue weighted by molar-refractivity contribution is 6.01. The van der Waals surface area contributed by atoms with Crippen molar-refractivity contribution in [2.24, 2.45) is 0 Å². The quantitative estimate of drug-likeness (QED) is 0.166. The van der Waals surface area contributed by atoms with Crippen LogP contribution in [0.2, 0.25) is 0 Å². The number of rotatable bonds is 1. The van der Waals surface area contributed by atoms with Crippen LogP contribution in [0.4, 0.5) is 0 Å². The van der Waals surface area contributed by atoms with Crippen LogP contribution in [0.3, 0.4) is 0 Å². The molecular weight excluding hydrogens is 665 g/mol. The summed E-state index contributed by atoms with van der Waals surface area (Å²) in [6, 6.07) is 72.4. The molecule has 55 heavy (non-hydrogen) atoms. The van der Waals surface area contributed by atoms with Crippen LogP contribution in [0, 0.1) is 0 Å². The number of hydrogen-bond donors (Lipinski definition) is 0. The summed E-state index contributed by atoms with van der Waals surface area (Å²) in [5.74, 6) is 1.85. The van der Waals surface area contributed by atoms with Gasteiger partial charge in [-0.2, -0.15) is 0 Å². The van der Waals surface area contributed by atoms with E-state index >= 15 is 0 Å². The van der Waals surface area contributed by atoms with Crippen LogP contribution in [-0.2, 0) is 10.8 Å². The lowest BCUT2D eigenvalue weighted by molar-refractivity contribution is 0.442. The number of ether oxygens (including phenoxy) is 1. The second-order valence-electron chi connectivity index (χ2n) is 15.4. The van der Waals surface area contributed by atoms with Crippen molar-refractivity contribution in [3.63, 3.8) is 0 Å². The summed E-state index contributed by atoms with van der Waals surface area (Å²) in [6.07, 6.45) is 0. The topological polar surface area (TPSA) is 9.23 Å². The largest absolute Gasteiger partial charge is 0.456 e. The molecule has 0 unspecified atom stereocenters. The first kappa shape index (κ1) is 29.5. The zero-order chi connectivity index (χ0) is 35.9. The molecule has 3 aliphatic carbocycles. The first-order valence-electron chi connectivity index (χ1n) is 19.3. The van der Waals surface area contributed by atoms with Crippen LogP contribution in [0.15, 0.2) is 194 Å². The molecule has 0 fully saturated rings. The molecule has 0 radical (unpaired) electrons. The van der Waals surface area contributed by atoms with Gasteiger partial charge in [0.2, 0.25) is 0 Å². The van der Waals surface area contributed by atoms with Gasteiger partial charge in [0.25, 0.3) is 0 Å². The van der Waals surface area contributed by atoms with Crippen molar-refractivity contribution in [1.29, 1.82) is 0 Å². The van der Waals surface area contributed by atoms with Gasteiger partial charge in [0.1, 0.15) is 11.5 Å². The smallest absolute Gasteiger partial charge is 0.140 e. The van der Waals surface area contributed by atoms with E-state index in [0.29, 0.717) is 0 Å². The summed E-state index contributed by atoms with van der Waals surface area (Å²) in [6.45, 7) is 0. The van der Waals surface area contributed by atoms with Gasteiger partial charge < -0.3 is 4.74 Å². The van der Waals surface area contributed by atoms with Crippen molar-refractivity contribution in [2.45, 2.75) is 10.8 Å². The molecule has 1 heteroatoms. The van der Waals surface area contributed by atoms with Gasteiger partial charge in [-0.05, 0) is 95.4 Å². The number of fused-ring (bicyclic) bond motifs is 21. The highest BCUT2D eigenvalue weighted by Gasteiger charge is 2.53. The van der Waals surface area contributed by atoms with E-state index in [0.717, 1.165) is 16.9 Å². The van der Waals surface area contributed by atoms with Crippen molar-refractivity contribution in [1.82, 2.24) is 0 Å². The molecule has 0 aromatic heterocycles. The zero-order valence-electron chi connectivity index (χ0n) is 29.9. The fourth-order valence-corrected chi connectivity index (χ4v) is 11.2. The van der Waals surface area contributed by atoms with Crippen LogP contribution in [-0.4, -0.2) is 0 Å². The van der Waals surface area contributed by atoms with Gasteiger partial charge in [0.15, 0.2) is 0 Å². The van der Waals surface area contributed by atoms with E-state index in [1.807, 2.05) is 0 Å². The Labute approximate surface area is 319 Å². The fraction of sp³-hybridized carbons (Fsp3) is 0.0370. The Morgan fingerprint density at radius 2 is 0.782 bits per heavy atom. The standard InChI is InChI=1S/C54H32O/c1-2-15-36-33(14-1)28-30-48-52(36)55-50-31-29-34(32-49(50)54(48)44-24-10-5-18-39(44)40-19-6-11-25-45(40)54)35-21-13-27-47-51(35)41-20-7-12-26-46(41)53(47)42-22-8-3-16-37(42)38-17-4-9-23-43(38)53/h1-32H. The second-order valence-corrected chi connectivity index (χ2v) is 15.4. The Morgan fingerprint density at radius 1 is 0.309 bits per heavy atom. The molecule has 9 aromatic carbocycles. The number of hydrogen-bond acceptors (Lipinski definition) is 1. The van der Waals surface area contributed by atoms with Gasteiger partial charge in [-0.15, -0.1) is 0 Å². The summed E-state index contributed by atoms with van der Waals surface area (Å²) in [4.78, 5) is 0.